The first-order chi connectivity index (χ1) is 10.9. The molecule has 3 aromatic carbocycles. The normalized spacial score (nSPS) is 11.3. The van der Waals surface area contributed by atoms with Crippen LogP contribution in [-0.4, -0.2) is 0 Å². The van der Waals surface area contributed by atoms with Crippen molar-refractivity contribution in [3.63, 3.8) is 0 Å². The van der Waals surface area contributed by atoms with Gasteiger partial charge in [-0.25, -0.2) is 0 Å². The van der Waals surface area contributed by atoms with Crippen molar-refractivity contribution in [2.24, 2.45) is 0 Å². The summed E-state index contributed by atoms with van der Waals surface area (Å²) < 4.78 is 0. The molecule has 0 spiro atoms. The zero-order valence-electron chi connectivity index (χ0n) is 12.1. The Kier molecular flexibility index (Phi) is 4.97. The molecule has 0 N–H and O–H groups in total. The molecule has 1 atom stereocenters. The minimum atomic E-state index is 0.129. The minimum Gasteiger partial charge on any atom is -0.105 e. The Labute approximate surface area is 136 Å². The second-order valence-corrected chi connectivity index (χ2v) is 6.04. The highest BCUT2D eigenvalue weighted by atomic mass is 32.2. The largest absolute Gasteiger partial charge is 0.105 e. The van der Waals surface area contributed by atoms with Crippen molar-refractivity contribution in [2.45, 2.75) is 10.1 Å². The zero-order valence-corrected chi connectivity index (χ0v) is 13.0. The van der Waals surface area contributed by atoms with E-state index in [1.54, 1.807) is 11.8 Å². The lowest BCUT2D eigenvalue weighted by atomic mass is 10.1. The van der Waals surface area contributed by atoms with Crippen LogP contribution in [0.4, 0.5) is 0 Å². The van der Waals surface area contributed by atoms with E-state index in [0.29, 0.717) is 0 Å². The maximum atomic E-state index is 3.41. The maximum Gasteiger partial charge on any atom is 0.0956 e. The molecule has 1 heteroatoms. The topological polar surface area (TPSA) is 0 Å². The molecule has 0 unspecified atom stereocenters. The third-order valence-corrected chi connectivity index (χ3v) is 4.39. The molecule has 0 aliphatic rings. The Balaban J connectivity index is 1.89. The summed E-state index contributed by atoms with van der Waals surface area (Å²) in [7, 11) is 0. The van der Waals surface area contributed by atoms with Crippen LogP contribution < -0.4 is 0 Å². The summed E-state index contributed by atoms with van der Waals surface area (Å²) in [5, 5.41) is 0.129. The van der Waals surface area contributed by atoms with Crippen LogP contribution in [0.5, 0.6) is 0 Å². The summed E-state index contributed by atoms with van der Waals surface area (Å²) in [6.45, 7) is 0. The maximum absolute atomic E-state index is 3.41. The van der Waals surface area contributed by atoms with Gasteiger partial charge in [-0.1, -0.05) is 78.6 Å². The van der Waals surface area contributed by atoms with Gasteiger partial charge in [-0.15, -0.1) is 11.8 Å². The minimum absolute atomic E-state index is 0.129. The Morgan fingerprint density at radius 1 is 0.636 bits per heavy atom. The summed E-state index contributed by atoms with van der Waals surface area (Å²) in [5.74, 6) is 6.71. The van der Waals surface area contributed by atoms with E-state index in [1.807, 2.05) is 42.5 Å². The lowest BCUT2D eigenvalue weighted by Crippen LogP contribution is -1.90. The van der Waals surface area contributed by atoms with Gasteiger partial charge in [-0.2, -0.15) is 0 Å². The van der Waals surface area contributed by atoms with Gasteiger partial charge in [0.15, 0.2) is 0 Å². The summed E-state index contributed by atoms with van der Waals surface area (Å²) in [6.07, 6.45) is 0. The number of hydrogen-bond acceptors (Lipinski definition) is 1. The molecule has 0 aromatic heterocycles. The number of rotatable bonds is 3. The third kappa shape index (κ3) is 4.04. The highest BCUT2D eigenvalue weighted by Crippen LogP contribution is 2.34. The molecular formula is C21H16S. The first-order valence-electron chi connectivity index (χ1n) is 7.25. The first kappa shape index (κ1) is 14.5. The van der Waals surface area contributed by atoms with Crippen LogP contribution in [0, 0.1) is 11.8 Å². The van der Waals surface area contributed by atoms with Gasteiger partial charge in [-0.05, 0) is 29.8 Å². The van der Waals surface area contributed by atoms with Crippen molar-refractivity contribution in [3.05, 3.63) is 102 Å². The van der Waals surface area contributed by atoms with Gasteiger partial charge in [0.2, 0.25) is 0 Å². The molecule has 22 heavy (non-hydrogen) atoms. The molecule has 0 saturated carbocycles. The monoisotopic (exact) mass is 300 g/mol. The van der Waals surface area contributed by atoms with E-state index in [0.717, 1.165) is 5.56 Å². The summed E-state index contributed by atoms with van der Waals surface area (Å²) in [5.41, 5.74) is 2.29. The molecule has 3 rings (SSSR count). The fourth-order valence-corrected chi connectivity index (χ4v) is 3.11. The van der Waals surface area contributed by atoms with Gasteiger partial charge >= 0.3 is 0 Å². The molecule has 0 amide bonds. The molecule has 0 heterocycles. The number of benzene rings is 3. The lowest BCUT2D eigenvalue weighted by molar-refractivity contribution is 1.26. The Morgan fingerprint density at radius 2 is 1.18 bits per heavy atom. The predicted octanol–water partition coefficient (Wildman–Crippen LogP) is 5.57. The molecule has 0 saturated heterocycles. The first-order valence-corrected chi connectivity index (χ1v) is 8.13. The Hall–Kier alpha value is -2.43. The van der Waals surface area contributed by atoms with Gasteiger partial charge in [-0.3, -0.25) is 0 Å². The second-order valence-electron chi connectivity index (χ2n) is 4.86. The highest BCUT2D eigenvalue weighted by molar-refractivity contribution is 7.99. The van der Waals surface area contributed by atoms with Crippen molar-refractivity contribution in [2.75, 3.05) is 0 Å². The van der Waals surface area contributed by atoms with Gasteiger partial charge < -0.3 is 0 Å². The lowest BCUT2D eigenvalue weighted by Gasteiger charge is -2.10. The average molecular weight is 300 g/mol. The standard InChI is InChI=1S/C21H16S/c1-4-10-18(11-5-1)16-17-21(19-12-6-2-7-13-19)22-20-14-8-3-9-15-20/h1-15,21H/t21-/m1/s1. The highest BCUT2D eigenvalue weighted by Gasteiger charge is 2.09. The SMILES string of the molecule is C(#C[C@@H](Sc1ccccc1)c1ccccc1)c1ccccc1. The summed E-state index contributed by atoms with van der Waals surface area (Å²) in [6, 6.07) is 31.0. The number of thioether (sulfide) groups is 1. The molecule has 0 nitrogen and oxygen atoms in total. The van der Waals surface area contributed by atoms with Crippen molar-refractivity contribution in [3.8, 4) is 11.8 Å². The Morgan fingerprint density at radius 3 is 1.82 bits per heavy atom. The fraction of sp³-hybridized carbons (Fsp3) is 0.0476. The van der Waals surface area contributed by atoms with Crippen LogP contribution in [0.1, 0.15) is 16.4 Å². The van der Waals surface area contributed by atoms with E-state index in [-0.39, 0.29) is 5.25 Å². The molecule has 0 radical (unpaired) electrons. The van der Waals surface area contributed by atoms with Gasteiger partial charge in [0.05, 0.1) is 5.25 Å². The van der Waals surface area contributed by atoms with Crippen molar-refractivity contribution >= 4 is 11.8 Å². The smallest absolute Gasteiger partial charge is 0.0956 e. The molecule has 0 fully saturated rings. The summed E-state index contributed by atoms with van der Waals surface area (Å²) >= 11 is 1.79. The molecule has 0 bridgehead atoms. The zero-order chi connectivity index (χ0) is 15.0. The van der Waals surface area contributed by atoms with Crippen LogP contribution in [-0.2, 0) is 0 Å². The van der Waals surface area contributed by atoms with Crippen LogP contribution in [0.25, 0.3) is 0 Å². The van der Waals surface area contributed by atoms with Gasteiger partial charge in [0.25, 0.3) is 0 Å². The number of hydrogen-bond donors (Lipinski definition) is 0. The second kappa shape index (κ2) is 7.54. The van der Waals surface area contributed by atoms with Crippen LogP contribution >= 0.6 is 11.8 Å². The van der Waals surface area contributed by atoms with E-state index in [9.17, 15) is 0 Å². The predicted molar refractivity (Wildman–Crippen MR) is 94.8 cm³/mol. The molecule has 0 aliphatic carbocycles. The Bertz CT molecular complexity index is 753. The van der Waals surface area contributed by atoms with E-state index < -0.39 is 0 Å². The van der Waals surface area contributed by atoms with Crippen LogP contribution in [0.2, 0.25) is 0 Å². The van der Waals surface area contributed by atoms with E-state index in [4.69, 9.17) is 0 Å². The third-order valence-electron chi connectivity index (χ3n) is 3.22. The average Bonchev–Trinajstić information content (AvgIpc) is 2.61. The van der Waals surface area contributed by atoms with Crippen molar-refractivity contribution < 1.29 is 0 Å². The van der Waals surface area contributed by atoms with E-state index in [1.165, 1.54) is 10.5 Å². The molecule has 0 aliphatic heterocycles. The quantitative estimate of drug-likeness (QED) is 0.450. The van der Waals surface area contributed by atoms with Gasteiger partial charge in [0.1, 0.15) is 0 Å². The van der Waals surface area contributed by atoms with Crippen molar-refractivity contribution in [1.29, 1.82) is 0 Å². The van der Waals surface area contributed by atoms with Crippen LogP contribution in [0.3, 0.4) is 0 Å². The molecular weight excluding hydrogens is 284 g/mol. The molecule has 3 aromatic rings. The summed E-state index contributed by atoms with van der Waals surface area (Å²) in [4.78, 5) is 1.23. The van der Waals surface area contributed by atoms with E-state index in [2.05, 4.69) is 60.4 Å². The van der Waals surface area contributed by atoms with Crippen molar-refractivity contribution in [1.82, 2.24) is 0 Å². The van der Waals surface area contributed by atoms with E-state index >= 15 is 0 Å². The molecule has 106 valence electrons. The van der Waals surface area contributed by atoms with Crippen LogP contribution in [0.15, 0.2) is 95.9 Å². The van der Waals surface area contributed by atoms with Gasteiger partial charge in [0, 0.05) is 10.5 Å². The fourth-order valence-electron chi connectivity index (χ4n) is 2.11.